The van der Waals surface area contributed by atoms with E-state index in [4.69, 9.17) is 16.4 Å². The Morgan fingerprint density at radius 2 is 2.00 bits per heavy atom. The summed E-state index contributed by atoms with van der Waals surface area (Å²) in [6, 6.07) is 13.8. The van der Waals surface area contributed by atoms with Crippen molar-refractivity contribution < 1.29 is 9.63 Å². The van der Waals surface area contributed by atoms with Crippen LogP contribution in [0.5, 0.6) is 0 Å². The highest BCUT2D eigenvalue weighted by Gasteiger charge is 2.28. The SMILES string of the molecule is Cc1nnn2c1-c1ccc(C3NOC(=O)N3)cc1N(c1ccc(Cl)cc1)CC2. The van der Waals surface area contributed by atoms with Gasteiger partial charge in [-0.3, -0.25) is 5.32 Å². The van der Waals surface area contributed by atoms with Gasteiger partial charge >= 0.3 is 6.09 Å². The van der Waals surface area contributed by atoms with Gasteiger partial charge in [-0.05, 0) is 42.8 Å². The van der Waals surface area contributed by atoms with E-state index in [1.54, 1.807) is 0 Å². The van der Waals surface area contributed by atoms with Crippen LogP contribution in [0.3, 0.4) is 0 Å². The average Bonchev–Trinajstić information content (AvgIpc) is 3.24. The van der Waals surface area contributed by atoms with Crippen LogP contribution < -0.4 is 15.7 Å². The molecule has 1 atom stereocenters. The Balaban J connectivity index is 1.66. The van der Waals surface area contributed by atoms with Crippen LogP contribution in [0, 0.1) is 6.92 Å². The van der Waals surface area contributed by atoms with Crippen molar-refractivity contribution in [2.24, 2.45) is 0 Å². The van der Waals surface area contributed by atoms with Crippen LogP contribution in [0.2, 0.25) is 5.02 Å². The van der Waals surface area contributed by atoms with Gasteiger partial charge in [-0.25, -0.2) is 9.48 Å². The van der Waals surface area contributed by atoms with Crippen molar-refractivity contribution in [2.45, 2.75) is 19.6 Å². The number of rotatable bonds is 2. The molecule has 1 saturated heterocycles. The average molecular weight is 397 g/mol. The van der Waals surface area contributed by atoms with Gasteiger partial charge in [0.15, 0.2) is 0 Å². The maximum Gasteiger partial charge on any atom is 0.427 e. The van der Waals surface area contributed by atoms with Gasteiger partial charge in [-0.2, -0.15) is 0 Å². The van der Waals surface area contributed by atoms with Crippen LogP contribution in [0.4, 0.5) is 16.2 Å². The fourth-order valence-corrected chi connectivity index (χ4v) is 3.81. The molecule has 0 radical (unpaired) electrons. The third kappa shape index (κ3) is 2.78. The monoisotopic (exact) mass is 396 g/mol. The van der Waals surface area contributed by atoms with Crippen LogP contribution in [0.15, 0.2) is 42.5 Å². The first-order valence-electron chi connectivity index (χ1n) is 8.90. The first kappa shape index (κ1) is 17.0. The molecule has 3 aromatic rings. The van der Waals surface area contributed by atoms with Crippen molar-refractivity contribution in [3.63, 3.8) is 0 Å². The van der Waals surface area contributed by atoms with Crippen LogP contribution >= 0.6 is 11.6 Å². The zero-order valence-electron chi connectivity index (χ0n) is 15.0. The molecule has 0 aliphatic carbocycles. The van der Waals surface area contributed by atoms with Crippen molar-refractivity contribution in [1.29, 1.82) is 0 Å². The molecule has 9 heteroatoms. The van der Waals surface area contributed by atoms with Crippen molar-refractivity contribution in [3.05, 3.63) is 58.7 Å². The standard InChI is InChI=1S/C19H17ClN6O2/c1-11-17-15-7-2-12(18-21-19(27)28-23-18)10-16(15)25(8-9-26(17)24-22-11)14-5-3-13(20)4-6-14/h2-7,10,18,23H,8-9H2,1H3,(H,21,27). The highest BCUT2D eigenvalue weighted by molar-refractivity contribution is 6.30. The van der Waals surface area contributed by atoms with E-state index in [1.165, 1.54) is 0 Å². The molecule has 3 heterocycles. The summed E-state index contributed by atoms with van der Waals surface area (Å²) in [6.45, 7) is 3.38. The van der Waals surface area contributed by atoms with E-state index >= 15 is 0 Å². The Morgan fingerprint density at radius 3 is 2.75 bits per heavy atom. The molecule has 142 valence electrons. The van der Waals surface area contributed by atoms with Crippen LogP contribution in [0.25, 0.3) is 11.3 Å². The number of hydrogen-bond acceptors (Lipinski definition) is 6. The lowest BCUT2D eigenvalue weighted by molar-refractivity contribution is 0.122. The summed E-state index contributed by atoms with van der Waals surface area (Å²) in [7, 11) is 0. The van der Waals surface area contributed by atoms with Gasteiger partial charge in [0.05, 0.1) is 23.6 Å². The number of aryl methyl sites for hydroxylation is 1. The fourth-order valence-electron chi connectivity index (χ4n) is 3.69. The summed E-state index contributed by atoms with van der Waals surface area (Å²) in [4.78, 5) is 18.5. The first-order chi connectivity index (χ1) is 13.6. The van der Waals surface area contributed by atoms with E-state index < -0.39 is 12.3 Å². The smallest absolute Gasteiger partial charge is 0.351 e. The molecule has 1 unspecified atom stereocenters. The first-order valence-corrected chi connectivity index (χ1v) is 9.28. The number of nitrogens with one attached hydrogen (secondary N) is 2. The molecule has 2 aromatic carbocycles. The summed E-state index contributed by atoms with van der Waals surface area (Å²) in [5.41, 5.74) is 8.54. The molecule has 8 nitrogen and oxygen atoms in total. The van der Waals surface area contributed by atoms with E-state index in [1.807, 2.05) is 48.0 Å². The number of benzene rings is 2. The second-order valence-electron chi connectivity index (χ2n) is 6.74. The molecule has 2 N–H and O–H groups in total. The number of nitrogens with zero attached hydrogens (tertiary/aromatic N) is 4. The molecule has 2 aliphatic rings. The zero-order chi connectivity index (χ0) is 19.3. The van der Waals surface area contributed by atoms with E-state index in [2.05, 4.69) is 32.1 Å². The highest BCUT2D eigenvalue weighted by Crippen LogP contribution is 2.40. The number of amides is 1. The number of carbonyl (C=O) groups excluding carboxylic acids is 1. The highest BCUT2D eigenvalue weighted by atomic mass is 35.5. The molecule has 1 aromatic heterocycles. The van der Waals surface area contributed by atoms with Crippen LogP contribution in [-0.2, 0) is 11.4 Å². The topological polar surface area (TPSA) is 84.3 Å². The van der Waals surface area contributed by atoms with E-state index in [0.29, 0.717) is 11.6 Å². The number of aromatic nitrogens is 3. The van der Waals surface area contributed by atoms with Crippen molar-refractivity contribution in [3.8, 4) is 11.3 Å². The quantitative estimate of drug-likeness (QED) is 0.691. The predicted molar refractivity (Wildman–Crippen MR) is 104 cm³/mol. The number of halogens is 1. The minimum absolute atomic E-state index is 0.405. The van der Waals surface area contributed by atoms with Gasteiger partial charge in [0.2, 0.25) is 0 Å². The Kier molecular flexibility index (Phi) is 3.96. The van der Waals surface area contributed by atoms with E-state index in [0.717, 1.165) is 40.4 Å². The number of carbonyl (C=O) groups is 1. The molecule has 0 bridgehead atoms. The lowest BCUT2D eigenvalue weighted by Crippen LogP contribution is -2.24. The summed E-state index contributed by atoms with van der Waals surface area (Å²) in [5, 5.41) is 12.0. The second kappa shape index (κ2) is 6.50. The summed E-state index contributed by atoms with van der Waals surface area (Å²) in [6.07, 6.45) is -0.898. The minimum atomic E-state index is -0.493. The number of fused-ring (bicyclic) bond motifs is 3. The van der Waals surface area contributed by atoms with Gasteiger partial charge in [0, 0.05) is 22.8 Å². The summed E-state index contributed by atoms with van der Waals surface area (Å²) < 4.78 is 1.93. The lowest BCUT2D eigenvalue weighted by Gasteiger charge is -2.26. The van der Waals surface area contributed by atoms with Gasteiger partial charge in [-0.1, -0.05) is 28.9 Å². The van der Waals surface area contributed by atoms with Crippen molar-refractivity contribution >= 4 is 29.1 Å². The molecular weight excluding hydrogens is 380 g/mol. The maximum atomic E-state index is 11.4. The fraction of sp³-hybridized carbons (Fsp3) is 0.211. The largest absolute Gasteiger partial charge is 0.427 e. The number of hydrogen-bond donors (Lipinski definition) is 2. The zero-order valence-corrected chi connectivity index (χ0v) is 15.8. The molecule has 1 fully saturated rings. The van der Waals surface area contributed by atoms with Gasteiger partial charge < -0.3 is 9.74 Å². The third-order valence-corrected chi connectivity index (χ3v) is 5.26. The minimum Gasteiger partial charge on any atom is -0.351 e. The van der Waals surface area contributed by atoms with Gasteiger partial charge in [-0.15, -0.1) is 10.6 Å². The Bertz CT molecular complexity index is 1060. The maximum absolute atomic E-state index is 11.4. The molecular formula is C19H17ClN6O2. The van der Waals surface area contributed by atoms with E-state index in [-0.39, 0.29) is 0 Å². The Morgan fingerprint density at radius 1 is 1.18 bits per heavy atom. The molecule has 2 aliphatic heterocycles. The van der Waals surface area contributed by atoms with Crippen molar-refractivity contribution in [1.82, 2.24) is 25.8 Å². The molecule has 0 saturated carbocycles. The Hall–Kier alpha value is -3.10. The number of hydroxylamine groups is 1. The van der Waals surface area contributed by atoms with Crippen LogP contribution in [-0.4, -0.2) is 27.6 Å². The molecule has 0 spiro atoms. The third-order valence-electron chi connectivity index (χ3n) is 5.01. The lowest BCUT2D eigenvalue weighted by atomic mass is 10.0. The predicted octanol–water partition coefficient (Wildman–Crippen LogP) is 3.30. The van der Waals surface area contributed by atoms with Gasteiger partial charge in [0.1, 0.15) is 6.17 Å². The molecule has 5 rings (SSSR count). The van der Waals surface area contributed by atoms with E-state index in [9.17, 15) is 4.79 Å². The van der Waals surface area contributed by atoms with Gasteiger partial charge in [0.25, 0.3) is 0 Å². The van der Waals surface area contributed by atoms with Crippen LogP contribution in [0.1, 0.15) is 17.4 Å². The normalized spacial score (nSPS) is 18.1. The Labute approximate surface area is 166 Å². The second-order valence-corrected chi connectivity index (χ2v) is 7.17. The number of anilines is 2. The molecule has 28 heavy (non-hydrogen) atoms. The molecule has 1 amide bonds. The summed E-state index contributed by atoms with van der Waals surface area (Å²) in [5.74, 6) is 0. The van der Waals surface area contributed by atoms with Crippen molar-refractivity contribution in [2.75, 3.05) is 11.4 Å². The summed E-state index contributed by atoms with van der Waals surface area (Å²) >= 11 is 6.08.